The van der Waals surface area contributed by atoms with Crippen LogP contribution in [-0.2, 0) is 9.59 Å². The number of nitrogens with zero attached hydrogens (tertiary/aromatic N) is 1. The molecule has 110 valence electrons. The molecule has 1 fully saturated rings. The van der Waals surface area contributed by atoms with Crippen LogP contribution in [0.25, 0.3) is 0 Å². The third-order valence-electron chi connectivity index (χ3n) is 4.34. The Labute approximate surface area is 115 Å². The highest BCUT2D eigenvalue weighted by Gasteiger charge is 2.43. The maximum atomic E-state index is 12.6. The summed E-state index contributed by atoms with van der Waals surface area (Å²) in [6.07, 6.45) is 1.62. The maximum absolute atomic E-state index is 12.6. The van der Waals surface area contributed by atoms with Crippen molar-refractivity contribution < 1.29 is 9.59 Å². The predicted molar refractivity (Wildman–Crippen MR) is 75.5 cm³/mol. The minimum Gasteiger partial charge on any atom is -0.353 e. The molecule has 0 atom stereocenters. The minimum absolute atomic E-state index is 0.00630. The lowest BCUT2D eigenvalue weighted by atomic mass is 9.74. The van der Waals surface area contributed by atoms with E-state index >= 15 is 0 Å². The van der Waals surface area contributed by atoms with Crippen molar-refractivity contribution in [2.75, 3.05) is 13.1 Å². The van der Waals surface area contributed by atoms with Gasteiger partial charge >= 0.3 is 0 Å². The first-order valence-corrected chi connectivity index (χ1v) is 6.91. The lowest BCUT2D eigenvalue weighted by Crippen LogP contribution is -2.58. The highest BCUT2D eigenvalue weighted by Crippen LogP contribution is 2.31. The number of hydrogen-bond acceptors (Lipinski definition) is 3. The Balaban J connectivity index is 2.61. The molecule has 2 amide bonds. The fourth-order valence-electron chi connectivity index (χ4n) is 2.19. The lowest BCUT2D eigenvalue weighted by molar-refractivity contribution is -0.144. The predicted octanol–water partition coefficient (Wildman–Crippen LogP) is 0.877. The summed E-state index contributed by atoms with van der Waals surface area (Å²) < 4.78 is 0. The van der Waals surface area contributed by atoms with Gasteiger partial charge in [-0.25, -0.2) is 0 Å². The van der Waals surface area contributed by atoms with Gasteiger partial charge in [0.1, 0.15) is 0 Å². The van der Waals surface area contributed by atoms with Gasteiger partial charge in [0.25, 0.3) is 0 Å². The molecule has 0 aromatic carbocycles. The molecule has 5 nitrogen and oxygen atoms in total. The zero-order valence-electron chi connectivity index (χ0n) is 12.7. The Kier molecular flexibility index (Phi) is 4.61. The van der Waals surface area contributed by atoms with Crippen molar-refractivity contribution in [2.24, 2.45) is 11.1 Å². The summed E-state index contributed by atoms with van der Waals surface area (Å²) in [5.74, 6) is 0.0921. The van der Waals surface area contributed by atoms with E-state index in [1.54, 1.807) is 0 Å². The van der Waals surface area contributed by atoms with E-state index in [2.05, 4.69) is 5.32 Å². The Morgan fingerprint density at radius 2 is 1.63 bits per heavy atom. The summed E-state index contributed by atoms with van der Waals surface area (Å²) in [5, 5.41) is 2.91. The van der Waals surface area contributed by atoms with Crippen molar-refractivity contribution >= 4 is 11.8 Å². The van der Waals surface area contributed by atoms with E-state index in [9.17, 15) is 9.59 Å². The quantitative estimate of drug-likeness (QED) is 0.798. The van der Waals surface area contributed by atoms with Crippen LogP contribution in [0, 0.1) is 5.41 Å². The number of likely N-dealkylation sites (tertiary alicyclic amines) is 1. The van der Waals surface area contributed by atoms with E-state index in [-0.39, 0.29) is 17.9 Å². The molecule has 0 aliphatic carbocycles. The molecule has 5 heteroatoms. The van der Waals surface area contributed by atoms with Crippen LogP contribution in [0.1, 0.15) is 47.5 Å². The minimum atomic E-state index is -0.589. The van der Waals surface area contributed by atoms with Gasteiger partial charge in [-0.15, -0.1) is 0 Å². The lowest BCUT2D eigenvalue weighted by Gasteiger charge is -2.42. The molecule has 1 rings (SSSR count). The molecular formula is C14H27N3O2. The van der Waals surface area contributed by atoms with Crippen molar-refractivity contribution in [1.82, 2.24) is 10.2 Å². The molecule has 0 unspecified atom stereocenters. The summed E-state index contributed by atoms with van der Waals surface area (Å²) in [6.45, 7) is 10.5. The van der Waals surface area contributed by atoms with Gasteiger partial charge in [-0.2, -0.15) is 0 Å². The Morgan fingerprint density at radius 3 is 2.00 bits per heavy atom. The highest BCUT2D eigenvalue weighted by atomic mass is 16.2. The van der Waals surface area contributed by atoms with Crippen molar-refractivity contribution in [3.8, 4) is 0 Å². The van der Waals surface area contributed by atoms with Gasteiger partial charge in [0.05, 0.1) is 5.41 Å². The van der Waals surface area contributed by atoms with Crippen molar-refractivity contribution in [3.63, 3.8) is 0 Å². The summed E-state index contributed by atoms with van der Waals surface area (Å²) in [5.41, 5.74) is 4.96. The normalized spacial score (nSPS) is 18.3. The van der Waals surface area contributed by atoms with Crippen LogP contribution in [0.5, 0.6) is 0 Å². The largest absolute Gasteiger partial charge is 0.353 e. The van der Waals surface area contributed by atoms with E-state index in [0.717, 1.165) is 12.8 Å². The second-order valence-electron chi connectivity index (χ2n) is 6.61. The molecule has 0 aromatic heterocycles. The number of amides is 2. The maximum Gasteiger partial charge on any atom is 0.230 e. The van der Waals surface area contributed by atoms with Gasteiger partial charge in [0, 0.05) is 31.6 Å². The monoisotopic (exact) mass is 269 g/mol. The van der Waals surface area contributed by atoms with Crippen molar-refractivity contribution in [3.05, 3.63) is 0 Å². The number of hydrogen-bond donors (Lipinski definition) is 2. The molecule has 0 spiro atoms. The number of piperidine rings is 1. The second-order valence-corrected chi connectivity index (χ2v) is 6.61. The van der Waals surface area contributed by atoms with E-state index in [1.807, 2.05) is 32.6 Å². The third-order valence-corrected chi connectivity index (χ3v) is 4.34. The molecule has 1 aliphatic rings. The molecule has 0 saturated carbocycles. The summed E-state index contributed by atoms with van der Waals surface area (Å²) in [4.78, 5) is 25.4. The van der Waals surface area contributed by atoms with Crippen LogP contribution >= 0.6 is 0 Å². The first-order valence-electron chi connectivity index (χ1n) is 6.91. The molecule has 1 aliphatic heterocycles. The summed E-state index contributed by atoms with van der Waals surface area (Å²) in [6, 6.07) is 0.190. The van der Waals surface area contributed by atoms with Crippen LogP contribution < -0.4 is 11.1 Å². The van der Waals surface area contributed by atoms with Gasteiger partial charge in [0.15, 0.2) is 0 Å². The smallest absolute Gasteiger partial charge is 0.230 e. The van der Waals surface area contributed by atoms with Crippen LogP contribution in [0.4, 0.5) is 0 Å². The van der Waals surface area contributed by atoms with Gasteiger partial charge in [0.2, 0.25) is 11.8 Å². The molecule has 19 heavy (non-hydrogen) atoms. The standard InChI is InChI=1S/C14H27N3O2/c1-10(18)16-11-6-8-17(9-7-11)12(19)13(2,3)14(4,5)15/h11H,6-9,15H2,1-5H3,(H,16,18). The zero-order chi connectivity index (χ0) is 14.8. The fraction of sp³-hybridized carbons (Fsp3) is 0.857. The van der Waals surface area contributed by atoms with Gasteiger partial charge < -0.3 is 16.0 Å². The molecule has 1 heterocycles. The number of nitrogens with two attached hydrogens (primary N) is 1. The molecule has 0 aromatic rings. The molecule has 0 bridgehead atoms. The topological polar surface area (TPSA) is 75.4 Å². The van der Waals surface area contributed by atoms with E-state index in [1.165, 1.54) is 6.92 Å². The van der Waals surface area contributed by atoms with Crippen molar-refractivity contribution in [1.29, 1.82) is 0 Å². The van der Waals surface area contributed by atoms with Crippen LogP contribution in [0.3, 0.4) is 0 Å². The third kappa shape index (κ3) is 3.69. The average Bonchev–Trinajstić information content (AvgIpc) is 2.26. The second kappa shape index (κ2) is 5.49. The summed E-state index contributed by atoms with van der Waals surface area (Å²) in [7, 11) is 0. The summed E-state index contributed by atoms with van der Waals surface area (Å²) >= 11 is 0. The van der Waals surface area contributed by atoms with Gasteiger partial charge in [-0.05, 0) is 40.5 Å². The van der Waals surface area contributed by atoms with Crippen molar-refractivity contribution in [2.45, 2.75) is 59.0 Å². The average molecular weight is 269 g/mol. The fourth-order valence-corrected chi connectivity index (χ4v) is 2.19. The number of carbonyl (C=O) groups is 2. The first-order chi connectivity index (χ1) is 8.55. The Hall–Kier alpha value is -1.10. The highest BCUT2D eigenvalue weighted by molar-refractivity contribution is 5.83. The number of carbonyl (C=O) groups excluding carboxylic acids is 2. The molecule has 1 saturated heterocycles. The van der Waals surface area contributed by atoms with Gasteiger partial charge in [-0.3, -0.25) is 9.59 Å². The van der Waals surface area contributed by atoms with E-state index in [0.29, 0.717) is 13.1 Å². The Bertz CT molecular complexity index is 350. The van der Waals surface area contributed by atoms with Crippen LogP contribution in [0.15, 0.2) is 0 Å². The first kappa shape index (κ1) is 16.0. The van der Waals surface area contributed by atoms with Crippen LogP contribution in [0.2, 0.25) is 0 Å². The van der Waals surface area contributed by atoms with E-state index < -0.39 is 11.0 Å². The zero-order valence-corrected chi connectivity index (χ0v) is 12.7. The Morgan fingerprint density at radius 1 is 1.16 bits per heavy atom. The molecule has 0 radical (unpaired) electrons. The van der Waals surface area contributed by atoms with Gasteiger partial charge in [-0.1, -0.05) is 0 Å². The SMILES string of the molecule is CC(=O)NC1CCN(C(=O)C(C)(C)C(C)(C)N)CC1. The van der Waals surface area contributed by atoms with E-state index in [4.69, 9.17) is 5.73 Å². The van der Waals surface area contributed by atoms with Crippen LogP contribution in [-0.4, -0.2) is 41.4 Å². The molecule has 3 N–H and O–H groups in total. The number of nitrogens with one attached hydrogen (secondary N) is 1. The number of rotatable bonds is 3. The molecular weight excluding hydrogens is 242 g/mol.